The maximum atomic E-state index is 12.7. The third-order valence-corrected chi connectivity index (χ3v) is 5.35. The van der Waals surface area contributed by atoms with Crippen molar-refractivity contribution < 1.29 is 9.59 Å². The number of hydrogen-bond acceptors (Lipinski definition) is 3. The molecule has 1 saturated carbocycles. The second-order valence-corrected chi connectivity index (χ2v) is 8.30. The Morgan fingerprint density at radius 3 is 2.16 bits per heavy atom. The van der Waals surface area contributed by atoms with E-state index in [0.29, 0.717) is 37.6 Å². The van der Waals surface area contributed by atoms with Crippen LogP contribution < -0.4 is 0 Å². The van der Waals surface area contributed by atoms with E-state index in [1.165, 1.54) is 19.3 Å². The van der Waals surface area contributed by atoms with Crippen LogP contribution in [0.3, 0.4) is 0 Å². The molecule has 138 valence electrons. The fourth-order valence-electron chi connectivity index (χ4n) is 3.72. The van der Waals surface area contributed by atoms with E-state index >= 15 is 0 Å². The summed E-state index contributed by atoms with van der Waals surface area (Å²) in [5.74, 6) is 0.522. The zero-order chi connectivity index (χ0) is 18.0. The van der Waals surface area contributed by atoms with E-state index < -0.39 is 0 Å². The molecule has 2 amide bonds. The molecular weight excluding hydrogens is 316 g/mol. The zero-order valence-corrected chi connectivity index (χ0v) is 15.7. The summed E-state index contributed by atoms with van der Waals surface area (Å²) in [5.41, 5.74) is 0.492. The Kier molecular flexibility index (Phi) is 5.16. The van der Waals surface area contributed by atoms with Crippen LogP contribution in [0.25, 0.3) is 0 Å². The Morgan fingerprint density at radius 2 is 1.60 bits per heavy atom. The van der Waals surface area contributed by atoms with Crippen molar-refractivity contribution >= 4 is 11.8 Å². The monoisotopic (exact) mass is 346 g/mol. The Labute approximate surface area is 150 Å². The fraction of sp³-hybridized carbons (Fsp3) is 0.737. The summed E-state index contributed by atoms with van der Waals surface area (Å²) in [4.78, 5) is 29.1. The van der Waals surface area contributed by atoms with E-state index in [0.717, 1.165) is 12.8 Å². The van der Waals surface area contributed by atoms with Crippen molar-refractivity contribution in [2.24, 2.45) is 5.92 Å². The van der Waals surface area contributed by atoms with Crippen LogP contribution in [0, 0.1) is 5.92 Å². The van der Waals surface area contributed by atoms with Crippen molar-refractivity contribution in [2.75, 3.05) is 26.2 Å². The molecule has 0 atom stereocenters. The van der Waals surface area contributed by atoms with Gasteiger partial charge in [0.1, 0.15) is 0 Å². The molecule has 6 heteroatoms. The van der Waals surface area contributed by atoms with Gasteiger partial charge in [0.15, 0.2) is 0 Å². The highest BCUT2D eigenvalue weighted by Gasteiger charge is 2.30. The lowest BCUT2D eigenvalue weighted by Gasteiger charge is -2.37. The van der Waals surface area contributed by atoms with Gasteiger partial charge in [0.2, 0.25) is 5.91 Å². The topological polar surface area (TPSA) is 58.4 Å². The molecule has 0 unspecified atom stereocenters. The fourth-order valence-corrected chi connectivity index (χ4v) is 3.72. The molecule has 1 aromatic rings. The van der Waals surface area contributed by atoms with Gasteiger partial charge in [0.05, 0.1) is 17.3 Å². The highest BCUT2D eigenvalue weighted by molar-refractivity contribution is 5.94. The molecule has 0 aromatic carbocycles. The van der Waals surface area contributed by atoms with Gasteiger partial charge in [-0.25, -0.2) is 0 Å². The molecule has 1 aliphatic carbocycles. The number of piperazine rings is 1. The van der Waals surface area contributed by atoms with Crippen LogP contribution in [0.1, 0.15) is 63.2 Å². The first-order valence-electron chi connectivity index (χ1n) is 9.49. The molecule has 25 heavy (non-hydrogen) atoms. The predicted octanol–water partition coefficient (Wildman–Crippen LogP) is 2.50. The third-order valence-electron chi connectivity index (χ3n) is 5.35. The van der Waals surface area contributed by atoms with Gasteiger partial charge in [-0.1, -0.05) is 19.3 Å². The number of aromatic nitrogens is 2. The van der Waals surface area contributed by atoms with Crippen LogP contribution in [0.4, 0.5) is 0 Å². The van der Waals surface area contributed by atoms with Gasteiger partial charge < -0.3 is 9.80 Å². The molecule has 3 rings (SSSR count). The van der Waals surface area contributed by atoms with Gasteiger partial charge in [-0.3, -0.25) is 14.3 Å². The molecule has 0 spiro atoms. The maximum Gasteiger partial charge on any atom is 0.257 e. The minimum Gasteiger partial charge on any atom is -0.339 e. The number of nitrogens with zero attached hydrogens (tertiary/aromatic N) is 4. The Hall–Kier alpha value is -1.85. The molecule has 0 bridgehead atoms. The van der Waals surface area contributed by atoms with Crippen LogP contribution in [0.2, 0.25) is 0 Å². The highest BCUT2D eigenvalue weighted by Crippen LogP contribution is 2.26. The quantitative estimate of drug-likeness (QED) is 0.827. The average Bonchev–Trinajstić information content (AvgIpc) is 3.12. The van der Waals surface area contributed by atoms with Crippen LogP contribution in [-0.2, 0) is 10.3 Å². The maximum absolute atomic E-state index is 12.7. The molecule has 0 radical (unpaired) electrons. The van der Waals surface area contributed by atoms with Crippen LogP contribution in [0.15, 0.2) is 12.4 Å². The first-order valence-corrected chi connectivity index (χ1v) is 9.49. The van der Waals surface area contributed by atoms with Gasteiger partial charge >= 0.3 is 0 Å². The standard InChI is InChI=1S/C19H30N4O2/c1-19(2,3)23-14-16(13-20-23)18(25)22-11-9-21(10-12-22)17(24)15-7-5-4-6-8-15/h13-15H,4-12H2,1-3H3. The second kappa shape index (κ2) is 7.18. The lowest BCUT2D eigenvalue weighted by Crippen LogP contribution is -2.52. The average molecular weight is 346 g/mol. The molecule has 6 nitrogen and oxygen atoms in total. The Morgan fingerprint density at radius 1 is 1.00 bits per heavy atom. The predicted molar refractivity (Wildman–Crippen MR) is 96.3 cm³/mol. The van der Waals surface area contributed by atoms with Crippen molar-refractivity contribution in [1.82, 2.24) is 19.6 Å². The smallest absolute Gasteiger partial charge is 0.257 e. The van der Waals surface area contributed by atoms with Crippen molar-refractivity contribution in [3.05, 3.63) is 18.0 Å². The number of amides is 2. The highest BCUT2D eigenvalue weighted by atomic mass is 16.2. The molecule has 1 saturated heterocycles. The summed E-state index contributed by atoms with van der Waals surface area (Å²) in [7, 11) is 0. The molecular formula is C19H30N4O2. The molecule has 2 fully saturated rings. The number of carbonyl (C=O) groups excluding carboxylic acids is 2. The largest absolute Gasteiger partial charge is 0.339 e. The summed E-state index contributed by atoms with van der Waals surface area (Å²) < 4.78 is 1.82. The van der Waals surface area contributed by atoms with Crippen LogP contribution in [-0.4, -0.2) is 57.6 Å². The van der Waals surface area contributed by atoms with Gasteiger partial charge in [-0.15, -0.1) is 0 Å². The molecule has 0 N–H and O–H groups in total. The minimum atomic E-state index is -0.135. The summed E-state index contributed by atoms with van der Waals surface area (Å²) in [6, 6.07) is 0. The summed E-state index contributed by atoms with van der Waals surface area (Å²) in [6.07, 6.45) is 9.14. The van der Waals surface area contributed by atoms with Gasteiger partial charge in [-0.2, -0.15) is 5.10 Å². The van der Waals surface area contributed by atoms with Crippen LogP contribution >= 0.6 is 0 Å². The SMILES string of the molecule is CC(C)(C)n1cc(C(=O)N2CCN(C(=O)C3CCCCC3)CC2)cn1. The molecule has 2 heterocycles. The van der Waals surface area contributed by atoms with Gasteiger partial charge in [0.25, 0.3) is 5.91 Å². The summed E-state index contributed by atoms with van der Waals surface area (Å²) in [6.45, 7) is 8.69. The first-order chi connectivity index (χ1) is 11.9. The van der Waals surface area contributed by atoms with Crippen molar-refractivity contribution in [3.63, 3.8) is 0 Å². The van der Waals surface area contributed by atoms with E-state index in [1.54, 1.807) is 6.20 Å². The van der Waals surface area contributed by atoms with Gasteiger partial charge in [-0.05, 0) is 33.6 Å². The lowest BCUT2D eigenvalue weighted by molar-refractivity contribution is -0.138. The number of rotatable bonds is 2. The van der Waals surface area contributed by atoms with Crippen molar-refractivity contribution in [3.8, 4) is 0 Å². The van der Waals surface area contributed by atoms with Gasteiger partial charge in [0, 0.05) is 38.3 Å². The third kappa shape index (κ3) is 4.05. The molecule has 1 aromatic heterocycles. The van der Waals surface area contributed by atoms with E-state index in [2.05, 4.69) is 25.9 Å². The van der Waals surface area contributed by atoms with Crippen molar-refractivity contribution in [1.29, 1.82) is 0 Å². The first kappa shape index (κ1) is 18.0. The lowest BCUT2D eigenvalue weighted by atomic mass is 9.88. The van der Waals surface area contributed by atoms with E-state index in [9.17, 15) is 9.59 Å². The molecule has 1 aliphatic heterocycles. The van der Waals surface area contributed by atoms with E-state index in [1.807, 2.05) is 20.7 Å². The molecule has 2 aliphatic rings. The van der Waals surface area contributed by atoms with E-state index in [4.69, 9.17) is 0 Å². The zero-order valence-electron chi connectivity index (χ0n) is 15.7. The summed E-state index contributed by atoms with van der Waals surface area (Å²) in [5, 5.41) is 4.31. The van der Waals surface area contributed by atoms with Crippen molar-refractivity contribution in [2.45, 2.75) is 58.4 Å². The Balaban J connectivity index is 1.55. The number of carbonyl (C=O) groups is 2. The second-order valence-electron chi connectivity index (χ2n) is 8.30. The normalized spacial score (nSPS) is 20.0. The van der Waals surface area contributed by atoms with Crippen LogP contribution in [0.5, 0.6) is 0 Å². The number of hydrogen-bond donors (Lipinski definition) is 0. The minimum absolute atomic E-state index is 0.0141. The van der Waals surface area contributed by atoms with E-state index in [-0.39, 0.29) is 17.4 Å². The summed E-state index contributed by atoms with van der Waals surface area (Å²) >= 11 is 0. The Bertz CT molecular complexity index is 618.